The fraction of sp³-hybridized carbons (Fsp3) is 0.333. The zero-order valence-corrected chi connectivity index (χ0v) is 15.4. The zero-order chi connectivity index (χ0) is 18.7. The van der Waals surface area contributed by atoms with Crippen LogP contribution in [-0.2, 0) is 17.9 Å². The molecule has 2 aromatic carbocycles. The molecule has 2 amide bonds. The van der Waals surface area contributed by atoms with Crippen molar-refractivity contribution in [3.05, 3.63) is 65.2 Å². The van der Waals surface area contributed by atoms with Crippen molar-refractivity contribution < 1.29 is 14.3 Å². The van der Waals surface area contributed by atoms with Crippen LogP contribution in [0.2, 0.25) is 0 Å². The summed E-state index contributed by atoms with van der Waals surface area (Å²) in [7, 11) is 1.61. The number of ether oxygens (including phenoxy) is 1. The lowest BCUT2D eigenvalue weighted by atomic mass is 10.0. The molecule has 2 aromatic rings. The monoisotopic (exact) mass is 352 g/mol. The Morgan fingerprint density at radius 3 is 2.54 bits per heavy atom. The number of carbonyl (C=O) groups excluding carboxylic acids is 2. The van der Waals surface area contributed by atoms with Crippen LogP contribution in [0, 0.1) is 5.92 Å². The van der Waals surface area contributed by atoms with Crippen molar-refractivity contribution in [3.8, 4) is 5.75 Å². The van der Waals surface area contributed by atoms with E-state index >= 15 is 0 Å². The molecule has 0 saturated carbocycles. The van der Waals surface area contributed by atoms with Crippen molar-refractivity contribution >= 4 is 11.8 Å². The molecule has 0 radical (unpaired) electrons. The summed E-state index contributed by atoms with van der Waals surface area (Å²) in [4.78, 5) is 27.3. The maximum Gasteiger partial charge on any atom is 0.255 e. The van der Waals surface area contributed by atoms with Crippen LogP contribution in [0.15, 0.2) is 48.5 Å². The SMILES string of the molecule is COc1ccccc1CNC(=O)[C@@H](C(C)C)N1Cc2ccccc2C1=O. The fourth-order valence-corrected chi connectivity index (χ4v) is 3.44. The lowest BCUT2D eigenvalue weighted by Crippen LogP contribution is -2.49. The van der Waals surface area contributed by atoms with Gasteiger partial charge in [0.2, 0.25) is 5.91 Å². The zero-order valence-electron chi connectivity index (χ0n) is 15.4. The van der Waals surface area contributed by atoms with E-state index in [1.807, 2.05) is 62.4 Å². The van der Waals surface area contributed by atoms with Crippen molar-refractivity contribution in [2.24, 2.45) is 5.92 Å². The molecule has 0 bridgehead atoms. The number of para-hydroxylation sites is 1. The van der Waals surface area contributed by atoms with Gasteiger partial charge in [0.25, 0.3) is 5.91 Å². The average molecular weight is 352 g/mol. The van der Waals surface area contributed by atoms with Crippen LogP contribution < -0.4 is 10.1 Å². The molecule has 1 atom stereocenters. The molecule has 3 rings (SSSR count). The molecule has 0 fully saturated rings. The summed E-state index contributed by atoms with van der Waals surface area (Å²) in [6.45, 7) is 4.76. The van der Waals surface area contributed by atoms with E-state index in [0.29, 0.717) is 18.7 Å². The molecule has 1 heterocycles. The number of fused-ring (bicyclic) bond motifs is 1. The average Bonchev–Trinajstić information content (AvgIpc) is 2.97. The van der Waals surface area contributed by atoms with Gasteiger partial charge in [-0.2, -0.15) is 0 Å². The van der Waals surface area contributed by atoms with Crippen LogP contribution >= 0.6 is 0 Å². The van der Waals surface area contributed by atoms with Gasteiger partial charge in [-0.1, -0.05) is 50.2 Å². The first-order valence-corrected chi connectivity index (χ1v) is 8.81. The molecule has 136 valence electrons. The minimum Gasteiger partial charge on any atom is -0.496 e. The van der Waals surface area contributed by atoms with Crippen LogP contribution in [0.3, 0.4) is 0 Å². The molecule has 0 unspecified atom stereocenters. The lowest BCUT2D eigenvalue weighted by Gasteiger charge is -2.30. The normalized spacial score (nSPS) is 14.3. The predicted molar refractivity (Wildman–Crippen MR) is 99.8 cm³/mol. The van der Waals surface area contributed by atoms with Gasteiger partial charge in [0, 0.05) is 24.2 Å². The Morgan fingerprint density at radius 1 is 1.15 bits per heavy atom. The fourth-order valence-electron chi connectivity index (χ4n) is 3.44. The minimum absolute atomic E-state index is 0.00549. The summed E-state index contributed by atoms with van der Waals surface area (Å²) >= 11 is 0. The Bertz CT molecular complexity index is 816. The van der Waals surface area contributed by atoms with E-state index in [-0.39, 0.29) is 17.7 Å². The van der Waals surface area contributed by atoms with E-state index < -0.39 is 6.04 Å². The highest BCUT2D eigenvalue weighted by Gasteiger charge is 2.37. The van der Waals surface area contributed by atoms with E-state index in [1.165, 1.54) is 0 Å². The Labute approximate surface area is 154 Å². The predicted octanol–water partition coefficient (Wildman–Crippen LogP) is 2.99. The van der Waals surface area contributed by atoms with Gasteiger partial charge in [-0.05, 0) is 23.6 Å². The first-order valence-electron chi connectivity index (χ1n) is 8.81. The quantitative estimate of drug-likeness (QED) is 0.869. The van der Waals surface area contributed by atoms with Crippen molar-refractivity contribution in [2.75, 3.05) is 7.11 Å². The second-order valence-corrected chi connectivity index (χ2v) is 6.81. The molecule has 0 saturated heterocycles. The minimum atomic E-state index is -0.510. The number of nitrogens with one attached hydrogen (secondary N) is 1. The highest BCUT2D eigenvalue weighted by atomic mass is 16.5. The number of nitrogens with zero attached hydrogens (tertiary/aromatic N) is 1. The van der Waals surface area contributed by atoms with Crippen molar-refractivity contribution in [3.63, 3.8) is 0 Å². The van der Waals surface area contributed by atoms with Gasteiger partial charge in [0.05, 0.1) is 7.11 Å². The van der Waals surface area contributed by atoms with Crippen LogP contribution in [-0.4, -0.2) is 29.9 Å². The second kappa shape index (κ2) is 7.60. The van der Waals surface area contributed by atoms with Crippen molar-refractivity contribution in [1.29, 1.82) is 0 Å². The molecule has 0 spiro atoms. The second-order valence-electron chi connectivity index (χ2n) is 6.81. The number of rotatable bonds is 6. The van der Waals surface area contributed by atoms with Gasteiger partial charge in [0.15, 0.2) is 0 Å². The summed E-state index contributed by atoms with van der Waals surface area (Å²) in [5, 5.41) is 2.97. The highest BCUT2D eigenvalue weighted by Crippen LogP contribution is 2.27. The Kier molecular flexibility index (Phi) is 5.26. The molecule has 0 aliphatic carbocycles. The van der Waals surface area contributed by atoms with E-state index in [4.69, 9.17) is 4.74 Å². The summed E-state index contributed by atoms with van der Waals surface area (Å²) in [5.74, 6) is 0.517. The standard InChI is InChI=1S/C21H24N2O3/c1-14(2)19(23-13-16-9-4-6-10-17(16)21(23)25)20(24)22-12-15-8-5-7-11-18(15)26-3/h4-11,14,19H,12-13H2,1-3H3,(H,22,24)/t19-/m1/s1. The number of hydrogen-bond donors (Lipinski definition) is 1. The Balaban J connectivity index is 1.74. The maximum atomic E-state index is 12.9. The number of methoxy groups -OCH3 is 1. The largest absolute Gasteiger partial charge is 0.496 e. The number of benzene rings is 2. The first kappa shape index (κ1) is 18.0. The maximum absolute atomic E-state index is 12.9. The van der Waals surface area contributed by atoms with Crippen molar-refractivity contribution in [1.82, 2.24) is 10.2 Å². The molecule has 0 aromatic heterocycles. The number of hydrogen-bond acceptors (Lipinski definition) is 3. The number of carbonyl (C=O) groups is 2. The van der Waals surface area contributed by atoms with Gasteiger partial charge >= 0.3 is 0 Å². The molecular weight excluding hydrogens is 328 g/mol. The lowest BCUT2D eigenvalue weighted by molar-refractivity contribution is -0.127. The van der Waals surface area contributed by atoms with E-state index in [9.17, 15) is 9.59 Å². The number of amides is 2. The highest BCUT2D eigenvalue weighted by molar-refractivity contribution is 6.01. The van der Waals surface area contributed by atoms with Crippen molar-refractivity contribution in [2.45, 2.75) is 33.0 Å². The third kappa shape index (κ3) is 3.43. The molecule has 5 heteroatoms. The molecule has 5 nitrogen and oxygen atoms in total. The van der Waals surface area contributed by atoms with Crippen LogP contribution in [0.4, 0.5) is 0 Å². The van der Waals surface area contributed by atoms with Crippen LogP contribution in [0.25, 0.3) is 0 Å². The summed E-state index contributed by atoms with van der Waals surface area (Å²) in [6.07, 6.45) is 0. The van der Waals surface area contributed by atoms with Gasteiger partial charge in [-0.25, -0.2) is 0 Å². The topological polar surface area (TPSA) is 58.6 Å². The van der Waals surface area contributed by atoms with E-state index in [1.54, 1.807) is 12.0 Å². The van der Waals surface area contributed by atoms with Gasteiger partial charge in [0.1, 0.15) is 11.8 Å². The molecule has 1 aliphatic rings. The van der Waals surface area contributed by atoms with Gasteiger partial charge in [-0.3, -0.25) is 9.59 Å². The van der Waals surface area contributed by atoms with Crippen LogP contribution in [0.1, 0.15) is 35.3 Å². The summed E-state index contributed by atoms with van der Waals surface area (Å²) < 4.78 is 5.33. The smallest absolute Gasteiger partial charge is 0.255 e. The Hall–Kier alpha value is -2.82. The van der Waals surface area contributed by atoms with E-state index in [2.05, 4.69) is 5.32 Å². The van der Waals surface area contributed by atoms with E-state index in [0.717, 1.165) is 16.9 Å². The van der Waals surface area contributed by atoms with Gasteiger partial charge in [-0.15, -0.1) is 0 Å². The summed E-state index contributed by atoms with van der Waals surface area (Å²) in [5.41, 5.74) is 2.57. The van der Waals surface area contributed by atoms with Gasteiger partial charge < -0.3 is 15.0 Å². The summed E-state index contributed by atoms with van der Waals surface area (Å²) in [6, 6.07) is 14.6. The molecule has 1 N–H and O–H groups in total. The van der Waals surface area contributed by atoms with Crippen LogP contribution in [0.5, 0.6) is 5.75 Å². The third-order valence-corrected chi connectivity index (χ3v) is 4.73. The third-order valence-electron chi connectivity index (χ3n) is 4.73. The molecule has 26 heavy (non-hydrogen) atoms. The first-order chi connectivity index (χ1) is 12.5. The molecular formula is C21H24N2O3. The Morgan fingerprint density at radius 2 is 1.85 bits per heavy atom. The molecule has 1 aliphatic heterocycles.